The molecule has 0 spiro atoms. The van der Waals surface area contributed by atoms with Gasteiger partial charge in [-0.15, -0.1) is 0 Å². The molecule has 0 bridgehead atoms. The number of carbonyl (C=O) groups is 2. The second-order valence-corrected chi connectivity index (χ2v) is 13.1. The van der Waals surface area contributed by atoms with Crippen molar-refractivity contribution < 1.29 is 14.3 Å². The highest BCUT2D eigenvalue weighted by molar-refractivity contribution is 5.79. The van der Waals surface area contributed by atoms with Gasteiger partial charge in [0.25, 0.3) is 0 Å². The third kappa shape index (κ3) is 5.44. The topological polar surface area (TPSA) is 43.4 Å². The van der Waals surface area contributed by atoms with Crippen molar-refractivity contribution in [1.82, 2.24) is 0 Å². The molecule has 7 atom stereocenters. The molecule has 0 radical (unpaired) electrons. The van der Waals surface area contributed by atoms with E-state index in [0.717, 1.165) is 43.9 Å². The van der Waals surface area contributed by atoms with E-state index in [9.17, 15) is 9.59 Å². The van der Waals surface area contributed by atoms with Crippen LogP contribution in [-0.4, -0.2) is 17.9 Å². The van der Waals surface area contributed by atoms with E-state index < -0.39 is 0 Å². The van der Waals surface area contributed by atoms with Gasteiger partial charge in [0.15, 0.2) is 0 Å². The molecule has 0 aliphatic heterocycles. The molecule has 3 nitrogen and oxygen atoms in total. The first-order valence-corrected chi connectivity index (χ1v) is 15.1. The molecule has 4 fully saturated rings. The summed E-state index contributed by atoms with van der Waals surface area (Å²) < 4.78 is 6.20. The monoisotopic (exact) mass is 472 g/mol. The number of hydrogen-bond acceptors (Lipinski definition) is 3. The van der Waals surface area contributed by atoms with Crippen molar-refractivity contribution >= 4 is 11.8 Å². The van der Waals surface area contributed by atoms with Crippen LogP contribution in [0.25, 0.3) is 0 Å². The summed E-state index contributed by atoms with van der Waals surface area (Å²) in [5.41, 5.74) is 0.534. The maximum Gasteiger partial charge on any atom is 0.306 e. The highest BCUT2D eigenvalue weighted by Gasteiger charge is 2.61. The predicted molar refractivity (Wildman–Crippen MR) is 138 cm³/mol. The number of hydrogen-bond donors (Lipinski definition) is 0. The summed E-state index contributed by atoms with van der Waals surface area (Å²) in [5, 5.41) is 0. The summed E-state index contributed by atoms with van der Waals surface area (Å²) >= 11 is 0. The van der Waals surface area contributed by atoms with Gasteiger partial charge in [-0.3, -0.25) is 9.59 Å². The van der Waals surface area contributed by atoms with Crippen LogP contribution in [0.2, 0.25) is 0 Å². The molecule has 194 valence electrons. The van der Waals surface area contributed by atoms with Crippen LogP contribution in [0.1, 0.15) is 143 Å². The number of ether oxygens (including phenoxy) is 1. The molecule has 4 aliphatic carbocycles. The Morgan fingerprint density at radius 3 is 2.24 bits per heavy atom. The van der Waals surface area contributed by atoms with Crippen LogP contribution in [0.3, 0.4) is 0 Å². The first-order valence-electron chi connectivity index (χ1n) is 15.1. The molecule has 34 heavy (non-hydrogen) atoms. The minimum absolute atomic E-state index is 0.0541. The van der Waals surface area contributed by atoms with Crippen molar-refractivity contribution in [3.05, 3.63) is 0 Å². The molecule has 0 amide bonds. The standard InChI is InChI=1S/C31H52O3/c1-4-5-6-7-8-9-10-11-12-13-29(33)34-28-17-16-26-25-15-14-23-22-24(32)18-20-30(23,2)27(25)19-21-31(26,28)3/h23,25-28H,4-22H2,1-3H3/t23?,25-,26-,27-,28-,30-,31-/m0/s1. The van der Waals surface area contributed by atoms with Gasteiger partial charge in [-0.2, -0.15) is 0 Å². The summed E-state index contributed by atoms with van der Waals surface area (Å²) in [7, 11) is 0. The van der Waals surface area contributed by atoms with Gasteiger partial charge in [0.1, 0.15) is 11.9 Å². The fourth-order valence-corrected chi connectivity index (χ4v) is 8.99. The van der Waals surface area contributed by atoms with Gasteiger partial charge in [-0.05, 0) is 80.5 Å². The molecule has 0 aromatic heterocycles. The molecular weight excluding hydrogens is 420 g/mol. The van der Waals surface area contributed by atoms with Crippen LogP contribution in [0, 0.1) is 34.5 Å². The van der Waals surface area contributed by atoms with Gasteiger partial charge in [0.05, 0.1) is 0 Å². The first kappa shape index (κ1) is 26.2. The molecule has 4 aliphatic rings. The summed E-state index contributed by atoms with van der Waals surface area (Å²) in [6.07, 6.45) is 22.3. The minimum Gasteiger partial charge on any atom is -0.462 e. The second kappa shape index (κ2) is 11.5. The van der Waals surface area contributed by atoms with Crippen LogP contribution in [-0.2, 0) is 14.3 Å². The Morgan fingerprint density at radius 1 is 0.824 bits per heavy atom. The average molecular weight is 473 g/mol. The van der Waals surface area contributed by atoms with Crippen molar-refractivity contribution in [3.8, 4) is 0 Å². The van der Waals surface area contributed by atoms with Crippen molar-refractivity contribution in [2.24, 2.45) is 34.5 Å². The summed E-state index contributed by atoms with van der Waals surface area (Å²) in [5.74, 6) is 3.42. The zero-order valence-electron chi connectivity index (χ0n) is 22.5. The highest BCUT2D eigenvalue weighted by Crippen LogP contribution is 2.66. The quantitative estimate of drug-likeness (QED) is 0.224. The van der Waals surface area contributed by atoms with Gasteiger partial charge in [-0.1, -0.05) is 72.1 Å². The Labute approximate surface area is 209 Å². The number of fused-ring (bicyclic) bond motifs is 5. The Kier molecular flexibility index (Phi) is 8.84. The third-order valence-electron chi connectivity index (χ3n) is 11.2. The average Bonchev–Trinajstić information content (AvgIpc) is 3.14. The molecule has 0 N–H and O–H groups in total. The molecule has 4 rings (SSSR count). The largest absolute Gasteiger partial charge is 0.462 e. The number of Topliss-reactive ketones (excluding diaryl/α,β-unsaturated/α-hetero) is 1. The van der Waals surface area contributed by atoms with Gasteiger partial charge < -0.3 is 4.74 Å². The number of rotatable bonds is 11. The van der Waals surface area contributed by atoms with E-state index in [0.29, 0.717) is 29.5 Å². The molecule has 1 unspecified atom stereocenters. The molecule has 0 aromatic rings. The smallest absolute Gasteiger partial charge is 0.306 e. The normalized spacial score (nSPS) is 39.3. The maximum absolute atomic E-state index is 12.7. The van der Waals surface area contributed by atoms with Gasteiger partial charge in [0.2, 0.25) is 0 Å². The van der Waals surface area contributed by atoms with E-state index in [4.69, 9.17) is 4.74 Å². The van der Waals surface area contributed by atoms with Crippen LogP contribution >= 0.6 is 0 Å². The molecule has 0 aromatic carbocycles. The van der Waals surface area contributed by atoms with Crippen molar-refractivity contribution in [3.63, 3.8) is 0 Å². The Morgan fingerprint density at radius 2 is 1.50 bits per heavy atom. The summed E-state index contributed by atoms with van der Waals surface area (Å²) in [4.78, 5) is 24.8. The fourth-order valence-electron chi connectivity index (χ4n) is 8.99. The van der Waals surface area contributed by atoms with E-state index in [2.05, 4.69) is 20.8 Å². The molecule has 4 saturated carbocycles. The van der Waals surface area contributed by atoms with Gasteiger partial charge in [-0.25, -0.2) is 0 Å². The van der Waals surface area contributed by atoms with Crippen molar-refractivity contribution in [1.29, 1.82) is 0 Å². The lowest BCUT2D eigenvalue weighted by Crippen LogP contribution is -2.54. The Hall–Kier alpha value is -0.860. The van der Waals surface area contributed by atoms with E-state index in [1.807, 2.05) is 0 Å². The lowest BCUT2D eigenvalue weighted by atomic mass is 9.45. The van der Waals surface area contributed by atoms with E-state index in [1.54, 1.807) is 0 Å². The predicted octanol–water partition coefficient (Wildman–Crippen LogP) is 8.43. The SMILES string of the molecule is CCCCCCCCCCCC(=O)O[C@H]1CC[C@H]2[C@@H]3CCC4CC(=O)CC[C@]4(C)[C@H]3CC[C@]12C. The lowest BCUT2D eigenvalue weighted by Gasteiger charge is -2.60. The lowest BCUT2D eigenvalue weighted by molar-refractivity contribution is -0.164. The zero-order chi connectivity index (χ0) is 24.2. The number of carbonyl (C=O) groups excluding carboxylic acids is 2. The maximum atomic E-state index is 12.7. The molecular formula is C31H52O3. The van der Waals surface area contributed by atoms with Crippen LogP contribution < -0.4 is 0 Å². The molecule has 0 saturated heterocycles. The van der Waals surface area contributed by atoms with E-state index in [-0.39, 0.29) is 17.5 Å². The Bertz CT molecular complexity index is 701. The van der Waals surface area contributed by atoms with Crippen molar-refractivity contribution in [2.45, 2.75) is 149 Å². The van der Waals surface area contributed by atoms with Crippen LogP contribution in [0.15, 0.2) is 0 Å². The van der Waals surface area contributed by atoms with Gasteiger partial charge >= 0.3 is 5.97 Å². The molecule has 0 heterocycles. The number of unbranched alkanes of at least 4 members (excludes halogenated alkanes) is 8. The van der Waals surface area contributed by atoms with Crippen molar-refractivity contribution in [2.75, 3.05) is 0 Å². The summed E-state index contributed by atoms with van der Waals surface area (Å²) in [6, 6.07) is 0. The zero-order valence-corrected chi connectivity index (χ0v) is 22.5. The Balaban J connectivity index is 1.22. The number of ketones is 1. The molecule has 3 heteroatoms. The first-order chi connectivity index (χ1) is 16.4. The van der Waals surface area contributed by atoms with E-state index >= 15 is 0 Å². The highest BCUT2D eigenvalue weighted by atomic mass is 16.5. The van der Waals surface area contributed by atoms with Gasteiger partial charge in [0, 0.05) is 24.7 Å². The van der Waals surface area contributed by atoms with E-state index in [1.165, 1.54) is 83.5 Å². The number of esters is 1. The second-order valence-electron chi connectivity index (χ2n) is 13.1. The third-order valence-corrected chi connectivity index (χ3v) is 11.2. The minimum atomic E-state index is 0.0541. The summed E-state index contributed by atoms with van der Waals surface area (Å²) in [6.45, 7) is 7.22. The van der Waals surface area contributed by atoms with Crippen LogP contribution in [0.5, 0.6) is 0 Å². The fraction of sp³-hybridized carbons (Fsp3) is 0.935. The van der Waals surface area contributed by atoms with Crippen LogP contribution in [0.4, 0.5) is 0 Å².